The molecule has 22 heavy (non-hydrogen) atoms. The molecule has 0 bridgehead atoms. The number of nitrogens with zero attached hydrogens (tertiary/aromatic N) is 2. The van der Waals surface area contributed by atoms with Crippen LogP contribution in [0.2, 0.25) is 0 Å². The van der Waals surface area contributed by atoms with Crippen molar-refractivity contribution in [3.05, 3.63) is 30.0 Å². The maximum atomic E-state index is 5.78. The van der Waals surface area contributed by atoms with Crippen LogP contribution in [0.3, 0.4) is 0 Å². The second kappa shape index (κ2) is 6.85. The van der Waals surface area contributed by atoms with E-state index in [-0.39, 0.29) is 0 Å². The number of rotatable bonds is 5. The van der Waals surface area contributed by atoms with Gasteiger partial charge in [0.05, 0.1) is 24.1 Å². The third-order valence-corrected chi connectivity index (χ3v) is 4.40. The quantitative estimate of drug-likeness (QED) is 0.782. The van der Waals surface area contributed by atoms with Gasteiger partial charge in [0.25, 0.3) is 0 Å². The summed E-state index contributed by atoms with van der Waals surface area (Å²) in [6.45, 7) is 3.38. The fourth-order valence-corrected chi connectivity index (χ4v) is 3.15. The zero-order valence-corrected chi connectivity index (χ0v) is 13.0. The molecule has 0 saturated heterocycles. The summed E-state index contributed by atoms with van der Waals surface area (Å²) in [5, 5.41) is 0. The summed E-state index contributed by atoms with van der Waals surface area (Å²) in [5.41, 5.74) is 1.84. The van der Waals surface area contributed by atoms with Crippen LogP contribution >= 0.6 is 0 Å². The summed E-state index contributed by atoms with van der Waals surface area (Å²) >= 11 is 0. The van der Waals surface area contributed by atoms with Gasteiger partial charge in [0.1, 0.15) is 12.0 Å². The smallest absolute Gasteiger partial charge is 0.229 e. The zero-order chi connectivity index (χ0) is 15.4. The highest BCUT2D eigenvalue weighted by Gasteiger charge is 2.23. The van der Waals surface area contributed by atoms with Crippen molar-refractivity contribution in [3.8, 4) is 23.8 Å². The van der Waals surface area contributed by atoms with Crippen LogP contribution in [-0.2, 0) is 6.54 Å². The van der Waals surface area contributed by atoms with Crippen molar-refractivity contribution >= 4 is 0 Å². The van der Waals surface area contributed by atoms with Crippen LogP contribution < -0.4 is 0 Å². The Labute approximate surface area is 131 Å². The standard InChI is InChI=1S/C18H22N2O2/c1-3-10-20(16-7-5-4-6-8-16)12-17-14(2)22-18(19-17)15-9-11-21-13-15/h1,9,11,13,16H,4-8,10,12H2,2H3. The minimum Gasteiger partial charge on any atom is -0.472 e. The first-order valence-electron chi connectivity index (χ1n) is 7.94. The molecular formula is C18H22N2O2. The Morgan fingerprint density at radius 3 is 2.86 bits per heavy atom. The van der Waals surface area contributed by atoms with Crippen LogP contribution in [0.15, 0.2) is 27.4 Å². The Morgan fingerprint density at radius 2 is 2.18 bits per heavy atom. The van der Waals surface area contributed by atoms with E-state index >= 15 is 0 Å². The lowest BCUT2D eigenvalue weighted by atomic mass is 9.94. The molecule has 0 radical (unpaired) electrons. The SMILES string of the molecule is C#CCN(Cc1nc(-c2ccoc2)oc1C)C1CCCCC1. The van der Waals surface area contributed by atoms with E-state index in [9.17, 15) is 0 Å². The van der Waals surface area contributed by atoms with Gasteiger partial charge in [0.15, 0.2) is 0 Å². The lowest BCUT2D eigenvalue weighted by Crippen LogP contribution is -2.36. The van der Waals surface area contributed by atoms with Crippen LogP contribution in [0.25, 0.3) is 11.5 Å². The van der Waals surface area contributed by atoms with Gasteiger partial charge in [-0.1, -0.05) is 25.2 Å². The van der Waals surface area contributed by atoms with E-state index in [1.165, 1.54) is 32.1 Å². The van der Waals surface area contributed by atoms with E-state index in [2.05, 4.69) is 15.8 Å². The van der Waals surface area contributed by atoms with E-state index in [4.69, 9.17) is 15.3 Å². The normalized spacial score (nSPS) is 16.0. The maximum Gasteiger partial charge on any atom is 0.229 e. The molecule has 4 nitrogen and oxygen atoms in total. The largest absolute Gasteiger partial charge is 0.472 e. The monoisotopic (exact) mass is 298 g/mol. The number of aryl methyl sites for hydroxylation is 1. The third kappa shape index (κ3) is 3.26. The minimum atomic E-state index is 0.568. The van der Waals surface area contributed by atoms with Gasteiger partial charge in [-0.2, -0.15) is 0 Å². The molecule has 2 heterocycles. The van der Waals surface area contributed by atoms with E-state index in [0.29, 0.717) is 18.5 Å². The topological polar surface area (TPSA) is 42.4 Å². The molecule has 4 heteroatoms. The second-order valence-corrected chi connectivity index (χ2v) is 5.93. The molecule has 0 amide bonds. The number of furan rings is 1. The van der Waals surface area contributed by atoms with E-state index in [1.54, 1.807) is 12.5 Å². The highest BCUT2D eigenvalue weighted by molar-refractivity contribution is 5.51. The summed E-state index contributed by atoms with van der Waals surface area (Å²) in [4.78, 5) is 7.00. The molecule has 1 fully saturated rings. The summed E-state index contributed by atoms with van der Waals surface area (Å²) < 4.78 is 10.9. The maximum absolute atomic E-state index is 5.78. The number of aromatic nitrogens is 1. The lowest BCUT2D eigenvalue weighted by Gasteiger charge is -2.32. The number of hydrogen-bond donors (Lipinski definition) is 0. The second-order valence-electron chi connectivity index (χ2n) is 5.93. The number of terminal acetylenes is 1. The van der Waals surface area contributed by atoms with Crippen molar-refractivity contribution in [1.82, 2.24) is 9.88 Å². The average molecular weight is 298 g/mol. The molecular weight excluding hydrogens is 276 g/mol. The van der Waals surface area contributed by atoms with Crippen molar-refractivity contribution in [2.24, 2.45) is 0 Å². The molecule has 1 aliphatic carbocycles. The average Bonchev–Trinajstić information content (AvgIpc) is 3.18. The lowest BCUT2D eigenvalue weighted by molar-refractivity contribution is 0.165. The first-order chi connectivity index (χ1) is 10.8. The Balaban J connectivity index is 1.76. The molecule has 0 spiro atoms. The van der Waals surface area contributed by atoms with Crippen molar-refractivity contribution in [3.63, 3.8) is 0 Å². The van der Waals surface area contributed by atoms with Gasteiger partial charge in [0, 0.05) is 12.6 Å². The molecule has 1 saturated carbocycles. The molecule has 2 aromatic rings. The molecule has 2 aromatic heterocycles. The zero-order valence-electron chi connectivity index (χ0n) is 13.0. The molecule has 0 aliphatic heterocycles. The highest BCUT2D eigenvalue weighted by Crippen LogP contribution is 2.26. The molecule has 0 aromatic carbocycles. The summed E-state index contributed by atoms with van der Waals surface area (Å²) in [6.07, 6.45) is 15.2. The molecule has 0 N–H and O–H groups in total. The number of oxazole rings is 1. The van der Waals surface area contributed by atoms with Gasteiger partial charge in [-0.25, -0.2) is 4.98 Å². The Hall–Kier alpha value is -1.99. The van der Waals surface area contributed by atoms with Gasteiger partial charge < -0.3 is 8.83 Å². The predicted molar refractivity (Wildman–Crippen MR) is 85.1 cm³/mol. The Kier molecular flexibility index (Phi) is 4.65. The summed E-state index contributed by atoms with van der Waals surface area (Å²) in [7, 11) is 0. The third-order valence-electron chi connectivity index (χ3n) is 4.40. The van der Waals surface area contributed by atoms with Crippen molar-refractivity contribution in [2.45, 2.75) is 51.6 Å². The van der Waals surface area contributed by atoms with Crippen molar-refractivity contribution < 1.29 is 8.83 Å². The van der Waals surface area contributed by atoms with Crippen LogP contribution in [0.1, 0.15) is 43.6 Å². The number of hydrogen-bond acceptors (Lipinski definition) is 4. The van der Waals surface area contributed by atoms with Gasteiger partial charge in [-0.15, -0.1) is 6.42 Å². The highest BCUT2D eigenvalue weighted by atomic mass is 16.4. The van der Waals surface area contributed by atoms with Gasteiger partial charge >= 0.3 is 0 Å². The van der Waals surface area contributed by atoms with E-state index in [0.717, 1.165) is 23.6 Å². The first-order valence-corrected chi connectivity index (χ1v) is 7.94. The van der Waals surface area contributed by atoms with Crippen LogP contribution in [-0.4, -0.2) is 22.5 Å². The van der Waals surface area contributed by atoms with Gasteiger partial charge in [-0.3, -0.25) is 4.90 Å². The molecule has 0 unspecified atom stereocenters. The van der Waals surface area contributed by atoms with Crippen LogP contribution in [0.5, 0.6) is 0 Å². The minimum absolute atomic E-state index is 0.568. The van der Waals surface area contributed by atoms with E-state index < -0.39 is 0 Å². The fourth-order valence-electron chi connectivity index (χ4n) is 3.15. The first kappa shape index (κ1) is 14.9. The van der Waals surface area contributed by atoms with E-state index in [1.807, 2.05) is 13.0 Å². The van der Waals surface area contributed by atoms with Crippen LogP contribution in [0.4, 0.5) is 0 Å². The van der Waals surface area contributed by atoms with Crippen molar-refractivity contribution in [2.75, 3.05) is 6.54 Å². The van der Waals surface area contributed by atoms with Gasteiger partial charge in [0.2, 0.25) is 5.89 Å². The van der Waals surface area contributed by atoms with Gasteiger partial charge in [-0.05, 0) is 25.8 Å². The van der Waals surface area contributed by atoms with Crippen molar-refractivity contribution in [1.29, 1.82) is 0 Å². The van der Waals surface area contributed by atoms with Crippen LogP contribution in [0, 0.1) is 19.3 Å². The Bertz CT molecular complexity index is 631. The Morgan fingerprint density at radius 1 is 1.36 bits per heavy atom. The predicted octanol–water partition coefficient (Wildman–Crippen LogP) is 4.01. The fraction of sp³-hybridized carbons (Fsp3) is 0.500. The molecule has 0 atom stereocenters. The molecule has 3 rings (SSSR count). The molecule has 1 aliphatic rings. The molecule has 116 valence electrons. The summed E-state index contributed by atoms with van der Waals surface area (Å²) in [5.74, 6) is 4.26. The summed E-state index contributed by atoms with van der Waals surface area (Å²) in [6, 6.07) is 2.42.